The average Bonchev–Trinajstić information content (AvgIpc) is 2.96. The fraction of sp³-hybridized carbons (Fsp3) is 0.125. The summed E-state index contributed by atoms with van der Waals surface area (Å²) in [6.45, 7) is 3.85. The number of amides is 1. The first-order chi connectivity index (χ1) is 10.0. The van der Waals surface area contributed by atoms with Gasteiger partial charge in [0.05, 0.1) is 5.69 Å². The highest BCUT2D eigenvalue weighted by atomic mass is 32.1. The molecule has 2 aromatic rings. The smallest absolute Gasteiger partial charge is 0.281 e. The minimum atomic E-state index is -0.182. The van der Waals surface area contributed by atoms with Crippen LogP contribution in [0.15, 0.2) is 46.5 Å². The predicted octanol–water partition coefficient (Wildman–Crippen LogP) is 3.16. The molecule has 1 N–H and O–H groups in total. The third kappa shape index (κ3) is 2.60. The van der Waals surface area contributed by atoms with E-state index < -0.39 is 0 Å². The molecule has 5 heteroatoms. The van der Waals surface area contributed by atoms with Crippen LogP contribution < -0.4 is 10.2 Å². The lowest BCUT2D eigenvalue weighted by atomic mass is 10.2. The minimum absolute atomic E-state index is 0.182. The van der Waals surface area contributed by atoms with Crippen LogP contribution in [-0.4, -0.2) is 11.0 Å². The van der Waals surface area contributed by atoms with E-state index in [1.165, 1.54) is 4.90 Å². The van der Waals surface area contributed by atoms with Gasteiger partial charge in [-0.25, -0.2) is 0 Å². The van der Waals surface area contributed by atoms with Gasteiger partial charge < -0.3 is 9.73 Å². The van der Waals surface area contributed by atoms with E-state index >= 15 is 0 Å². The maximum absolute atomic E-state index is 12.5. The van der Waals surface area contributed by atoms with Gasteiger partial charge in [-0.05, 0) is 50.3 Å². The highest BCUT2D eigenvalue weighted by Gasteiger charge is 2.32. The number of benzene rings is 1. The molecule has 21 heavy (non-hydrogen) atoms. The van der Waals surface area contributed by atoms with Gasteiger partial charge in [0.2, 0.25) is 0 Å². The zero-order chi connectivity index (χ0) is 15.0. The van der Waals surface area contributed by atoms with Crippen LogP contribution in [0.3, 0.4) is 0 Å². The lowest BCUT2D eigenvalue weighted by Gasteiger charge is -2.13. The van der Waals surface area contributed by atoms with Crippen molar-refractivity contribution in [1.82, 2.24) is 5.32 Å². The number of aryl methyl sites for hydroxylation is 2. The Balaban J connectivity index is 1.92. The van der Waals surface area contributed by atoms with Crippen molar-refractivity contribution in [3.05, 3.63) is 59.2 Å². The van der Waals surface area contributed by atoms with E-state index in [-0.39, 0.29) is 5.91 Å². The molecule has 0 spiro atoms. The van der Waals surface area contributed by atoms with Gasteiger partial charge in [-0.15, -0.1) is 0 Å². The molecule has 0 saturated carbocycles. The van der Waals surface area contributed by atoms with Crippen LogP contribution in [0.5, 0.6) is 0 Å². The fourth-order valence-corrected chi connectivity index (χ4v) is 2.43. The van der Waals surface area contributed by atoms with Gasteiger partial charge in [0.15, 0.2) is 5.11 Å². The number of thiocarbonyl (C=S) groups is 1. The first-order valence-corrected chi connectivity index (χ1v) is 6.95. The second kappa shape index (κ2) is 5.18. The molecule has 3 rings (SSSR count). The fourth-order valence-electron chi connectivity index (χ4n) is 2.14. The summed E-state index contributed by atoms with van der Waals surface area (Å²) in [5, 5.41) is 3.31. The Morgan fingerprint density at radius 1 is 1.14 bits per heavy atom. The molecule has 1 aromatic carbocycles. The molecule has 2 heterocycles. The second-order valence-electron chi connectivity index (χ2n) is 4.91. The zero-order valence-corrected chi connectivity index (χ0v) is 12.5. The maximum atomic E-state index is 12.5. The van der Waals surface area contributed by atoms with Gasteiger partial charge in [0.25, 0.3) is 5.91 Å². The van der Waals surface area contributed by atoms with Crippen molar-refractivity contribution < 1.29 is 9.21 Å². The first-order valence-electron chi connectivity index (χ1n) is 6.55. The Morgan fingerprint density at radius 3 is 2.48 bits per heavy atom. The minimum Gasteiger partial charge on any atom is -0.462 e. The summed E-state index contributed by atoms with van der Waals surface area (Å²) >= 11 is 5.25. The summed E-state index contributed by atoms with van der Waals surface area (Å²) in [6.07, 6.45) is 1.66. The highest BCUT2D eigenvalue weighted by Crippen LogP contribution is 2.23. The van der Waals surface area contributed by atoms with E-state index in [1.807, 2.05) is 50.2 Å². The standard InChI is InChI=1S/C16H14N2O2S/c1-10-3-6-12(7-4-10)18-15(19)14(17-16(18)21)9-13-8-5-11(2)20-13/h3-9H,1-2H3,(H,17,21)/b14-9-. The van der Waals surface area contributed by atoms with Gasteiger partial charge in [-0.2, -0.15) is 0 Å². The maximum Gasteiger partial charge on any atom is 0.281 e. The molecule has 4 nitrogen and oxygen atoms in total. The van der Waals surface area contributed by atoms with Crippen LogP contribution in [0.4, 0.5) is 5.69 Å². The zero-order valence-electron chi connectivity index (χ0n) is 11.7. The number of nitrogens with zero attached hydrogens (tertiary/aromatic N) is 1. The van der Waals surface area contributed by atoms with Crippen LogP contribution >= 0.6 is 12.2 Å². The van der Waals surface area contributed by atoms with Gasteiger partial charge in [-0.3, -0.25) is 9.69 Å². The topological polar surface area (TPSA) is 45.5 Å². The number of rotatable bonds is 2. The van der Waals surface area contributed by atoms with Gasteiger partial charge >= 0.3 is 0 Å². The summed E-state index contributed by atoms with van der Waals surface area (Å²) in [6, 6.07) is 11.3. The van der Waals surface area contributed by atoms with E-state index in [4.69, 9.17) is 16.6 Å². The van der Waals surface area contributed by atoms with Gasteiger partial charge in [0, 0.05) is 6.08 Å². The molecule has 106 valence electrons. The number of hydrogen-bond acceptors (Lipinski definition) is 3. The largest absolute Gasteiger partial charge is 0.462 e. The molecule has 1 aliphatic heterocycles. The van der Waals surface area contributed by atoms with Gasteiger partial charge in [0.1, 0.15) is 17.2 Å². The Kier molecular flexibility index (Phi) is 3.35. The van der Waals surface area contributed by atoms with Gasteiger partial charge in [-0.1, -0.05) is 17.7 Å². The number of carbonyl (C=O) groups is 1. The molecule has 0 radical (unpaired) electrons. The quantitative estimate of drug-likeness (QED) is 0.683. The number of anilines is 1. The third-order valence-corrected chi connectivity index (χ3v) is 3.50. The van der Waals surface area contributed by atoms with E-state index in [9.17, 15) is 4.79 Å². The molecule has 0 aliphatic carbocycles. The van der Waals surface area contributed by atoms with Crippen LogP contribution in [0, 0.1) is 13.8 Å². The van der Waals surface area contributed by atoms with Crippen LogP contribution in [0.1, 0.15) is 17.1 Å². The van der Waals surface area contributed by atoms with E-state index in [2.05, 4.69) is 5.32 Å². The molecule has 0 atom stereocenters. The van der Waals surface area contributed by atoms with Crippen LogP contribution in [0.2, 0.25) is 0 Å². The lowest BCUT2D eigenvalue weighted by molar-refractivity contribution is -0.113. The molecule has 1 saturated heterocycles. The van der Waals surface area contributed by atoms with Crippen molar-refractivity contribution in [2.45, 2.75) is 13.8 Å². The van der Waals surface area contributed by atoms with Crippen molar-refractivity contribution in [3.63, 3.8) is 0 Å². The third-order valence-electron chi connectivity index (χ3n) is 3.22. The summed E-state index contributed by atoms with van der Waals surface area (Å²) in [5.74, 6) is 1.24. The summed E-state index contributed by atoms with van der Waals surface area (Å²) in [4.78, 5) is 14.0. The second-order valence-corrected chi connectivity index (χ2v) is 5.30. The monoisotopic (exact) mass is 298 g/mol. The SMILES string of the molecule is Cc1ccc(N2C(=O)/C(=C/c3ccc(C)o3)NC2=S)cc1. The molecule has 1 fully saturated rings. The highest BCUT2D eigenvalue weighted by molar-refractivity contribution is 7.80. The molecular formula is C16H14N2O2S. The Bertz CT molecular complexity index is 744. The summed E-state index contributed by atoms with van der Waals surface area (Å²) in [7, 11) is 0. The number of nitrogens with one attached hydrogen (secondary N) is 1. The number of carbonyl (C=O) groups excluding carboxylic acids is 1. The lowest BCUT2D eigenvalue weighted by Crippen LogP contribution is -2.30. The van der Waals surface area contributed by atoms with Crippen molar-refractivity contribution in [1.29, 1.82) is 0 Å². The van der Waals surface area contributed by atoms with Crippen molar-refractivity contribution in [2.75, 3.05) is 4.90 Å². The molecule has 0 unspecified atom stereocenters. The summed E-state index contributed by atoms with van der Waals surface area (Å²) in [5.41, 5.74) is 2.29. The number of hydrogen-bond donors (Lipinski definition) is 1. The average molecular weight is 298 g/mol. The normalized spacial score (nSPS) is 16.7. The molecular weight excluding hydrogens is 284 g/mol. The number of furan rings is 1. The molecule has 0 bridgehead atoms. The Hall–Kier alpha value is -2.40. The van der Waals surface area contributed by atoms with Crippen molar-refractivity contribution in [3.8, 4) is 0 Å². The molecule has 1 amide bonds. The van der Waals surface area contributed by atoms with Crippen LogP contribution in [0.25, 0.3) is 6.08 Å². The van der Waals surface area contributed by atoms with Crippen LogP contribution in [-0.2, 0) is 4.79 Å². The first kappa shape index (κ1) is 13.6. The Labute approximate surface area is 128 Å². The van der Waals surface area contributed by atoms with E-state index in [0.29, 0.717) is 16.6 Å². The van der Waals surface area contributed by atoms with Crippen molar-refractivity contribution in [2.24, 2.45) is 0 Å². The molecule has 1 aromatic heterocycles. The summed E-state index contributed by atoms with van der Waals surface area (Å²) < 4.78 is 5.46. The van der Waals surface area contributed by atoms with Crippen molar-refractivity contribution >= 4 is 35.0 Å². The molecule has 1 aliphatic rings. The predicted molar refractivity (Wildman–Crippen MR) is 85.8 cm³/mol. The van der Waals surface area contributed by atoms with E-state index in [0.717, 1.165) is 17.0 Å². The van der Waals surface area contributed by atoms with E-state index in [1.54, 1.807) is 6.08 Å². The Morgan fingerprint density at radius 2 is 1.86 bits per heavy atom.